The molecule has 6 heteroatoms. The van der Waals surface area contributed by atoms with Gasteiger partial charge in [-0.05, 0) is 56.4 Å². The van der Waals surface area contributed by atoms with Crippen LogP contribution in [0.2, 0.25) is 0 Å². The van der Waals surface area contributed by atoms with Gasteiger partial charge in [0.1, 0.15) is 5.75 Å². The SMILES string of the molecule is CCCCCCCCC=CCCCCCCCC(=O)NC(=O)C(=O)Nc1ccc(O)cc1. The van der Waals surface area contributed by atoms with Gasteiger partial charge in [0.15, 0.2) is 0 Å². The van der Waals surface area contributed by atoms with Gasteiger partial charge in [0.2, 0.25) is 5.91 Å². The second-order valence-electron chi connectivity index (χ2n) is 8.21. The maximum absolute atomic E-state index is 11.8. The predicted octanol–water partition coefficient (Wildman–Crippen LogP) is 6.01. The van der Waals surface area contributed by atoms with E-state index in [1.807, 2.05) is 0 Å². The minimum atomic E-state index is -0.976. The Morgan fingerprint density at radius 1 is 0.750 bits per heavy atom. The smallest absolute Gasteiger partial charge is 0.316 e. The zero-order valence-electron chi connectivity index (χ0n) is 19.5. The molecule has 0 fully saturated rings. The minimum Gasteiger partial charge on any atom is -0.508 e. The van der Waals surface area contributed by atoms with Crippen molar-refractivity contribution in [3.05, 3.63) is 36.4 Å². The van der Waals surface area contributed by atoms with Crippen LogP contribution < -0.4 is 10.6 Å². The van der Waals surface area contributed by atoms with E-state index in [0.29, 0.717) is 12.1 Å². The third kappa shape index (κ3) is 14.4. The van der Waals surface area contributed by atoms with Crippen molar-refractivity contribution in [1.29, 1.82) is 0 Å². The number of anilines is 1. The first-order valence-electron chi connectivity index (χ1n) is 12.1. The molecule has 0 aliphatic carbocycles. The lowest BCUT2D eigenvalue weighted by molar-refractivity contribution is -0.139. The number of carbonyl (C=O) groups is 3. The third-order valence-electron chi connectivity index (χ3n) is 5.25. The monoisotopic (exact) mass is 444 g/mol. The summed E-state index contributed by atoms with van der Waals surface area (Å²) in [5, 5.41) is 13.7. The van der Waals surface area contributed by atoms with Gasteiger partial charge in [0.25, 0.3) is 0 Å². The quantitative estimate of drug-likeness (QED) is 0.126. The first kappa shape index (κ1) is 27.4. The van der Waals surface area contributed by atoms with Crippen LogP contribution in [0.15, 0.2) is 36.4 Å². The lowest BCUT2D eigenvalue weighted by atomic mass is 10.1. The molecule has 32 heavy (non-hydrogen) atoms. The molecule has 0 saturated heterocycles. The fourth-order valence-electron chi connectivity index (χ4n) is 3.33. The van der Waals surface area contributed by atoms with E-state index in [4.69, 9.17) is 0 Å². The van der Waals surface area contributed by atoms with Crippen molar-refractivity contribution in [1.82, 2.24) is 5.32 Å². The molecular weight excluding hydrogens is 404 g/mol. The Kier molecular flexibility index (Phi) is 15.4. The van der Waals surface area contributed by atoms with Gasteiger partial charge in [-0.25, -0.2) is 0 Å². The second kappa shape index (κ2) is 18.0. The number of rotatable bonds is 16. The summed E-state index contributed by atoms with van der Waals surface area (Å²) in [5.41, 5.74) is 0.368. The van der Waals surface area contributed by atoms with E-state index in [2.05, 4.69) is 29.7 Å². The van der Waals surface area contributed by atoms with Crippen molar-refractivity contribution in [2.45, 2.75) is 96.8 Å². The number of hydrogen-bond acceptors (Lipinski definition) is 4. The van der Waals surface area contributed by atoms with E-state index in [1.165, 1.54) is 69.2 Å². The van der Waals surface area contributed by atoms with E-state index in [1.54, 1.807) is 0 Å². The lowest BCUT2D eigenvalue weighted by Crippen LogP contribution is -2.39. The second-order valence-corrected chi connectivity index (χ2v) is 8.21. The van der Waals surface area contributed by atoms with Gasteiger partial charge in [-0.15, -0.1) is 0 Å². The van der Waals surface area contributed by atoms with Gasteiger partial charge in [0, 0.05) is 12.1 Å². The Labute approximate surface area is 192 Å². The number of benzene rings is 1. The fraction of sp³-hybridized carbons (Fsp3) is 0.577. The molecule has 0 atom stereocenters. The highest BCUT2D eigenvalue weighted by Gasteiger charge is 2.16. The van der Waals surface area contributed by atoms with Gasteiger partial charge in [0.05, 0.1) is 0 Å². The molecule has 0 heterocycles. The van der Waals surface area contributed by atoms with Crippen LogP contribution in [0.5, 0.6) is 5.75 Å². The summed E-state index contributed by atoms with van der Waals surface area (Å²) >= 11 is 0. The van der Waals surface area contributed by atoms with E-state index in [9.17, 15) is 19.5 Å². The van der Waals surface area contributed by atoms with Gasteiger partial charge < -0.3 is 10.4 Å². The maximum Gasteiger partial charge on any atom is 0.316 e. The molecule has 3 N–H and O–H groups in total. The van der Waals surface area contributed by atoms with Gasteiger partial charge in [-0.2, -0.15) is 0 Å². The van der Waals surface area contributed by atoms with Crippen LogP contribution in [0, 0.1) is 0 Å². The molecule has 0 radical (unpaired) electrons. The molecule has 0 bridgehead atoms. The highest BCUT2D eigenvalue weighted by molar-refractivity contribution is 6.41. The van der Waals surface area contributed by atoms with Gasteiger partial charge in [-0.1, -0.05) is 70.4 Å². The van der Waals surface area contributed by atoms with Crippen LogP contribution in [-0.4, -0.2) is 22.8 Å². The molecule has 0 saturated carbocycles. The molecule has 1 aromatic rings. The molecule has 3 amide bonds. The third-order valence-corrected chi connectivity index (χ3v) is 5.25. The summed E-state index contributed by atoms with van der Waals surface area (Å²) < 4.78 is 0. The number of unbranched alkanes of at least 4 members (excludes halogenated alkanes) is 11. The first-order valence-corrected chi connectivity index (χ1v) is 12.1. The number of allylic oxidation sites excluding steroid dienone is 2. The van der Waals surface area contributed by atoms with E-state index < -0.39 is 17.7 Å². The number of nitrogens with one attached hydrogen (secondary N) is 2. The van der Waals surface area contributed by atoms with Crippen molar-refractivity contribution in [2.24, 2.45) is 0 Å². The summed E-state index contributed by atoms with van der Waals surface area (Å²) in [6.07, 6.45) is 20.1. The Hall–Kier alpha value is -2.63. The largest absolute Gasteiger partial charge is 0.508 e. The molecule has 0 unspecified atom stereocenters. The molecule has 1 rings (SSSR count). The molecule has 0 aliphatic rings. The summed E-state index contributed by atoms with van der Waals surface area (Å²) in [6.45, 7) is 2.24. The normalized spacial score (nSPS) is 10.9. The van der Waals surface area contributed by atoms with Crippen LogP contribution in [-0.2, 0) is 14.4 Å². The molecule has 178 valence electrons. The van der Waals surface area contributed by atoms with Crippen molar-refractivity contribution >= 4 is 23.4 Å². The Morgan fingerprint density at radius 3 is 1.88 bits per heavy atom. The number of hydrogen-bond donors (Lipinski definition) is 3. The predicted molar refractivity (Wildman–Crippen MR) is 129 cm³/mol. The van der Waals surface area contributed by atoms with Crippen molar-refractivity contribution in [3.8, 4) is 5.75 Å². The zero-order chi connectivity index (χ0) is 23.4. The highest BCUT2D eigenvalue weighted by Crippen LogP contribution is 2.13. The molecule has 0 aromatic heterocycles. The van der Waals surface area contributed by atoms with Gasteiger partial charge >= 0.3 is 11.8 Å². The van der Waals surface area contributed by atoms with Crippen LogP contribution in [0.3, 0.4) is 0 Å². The number of phenolic OH excluding ortho intramolecular Hbond substituents is 1. The van der Waals surface area contributed by atoms with Crippen molar-refractivity contribution < 1.29 is 19.5 Å². The number of amides is 3. The molecule has 0 aliphatic heterocycles. The maximum atomic E-state index is 11.8. The van der Waals surface area contributed by atoms with E-state index in [-0.39, 0.29) is 12.2 Å². The average Bonchev–Trinajstić information content (AvgIpc) is 2.77. The number of carbonyl (C=O) groups excluding carboxylic acids is 3. The van der Waals surface area contributed by atoms with Crippen LogP contribution >= 0.6 is 0 Å². The standard InChI is InChI=1S/C26H40N2O4/c1-2-3-4-5-6-7-8-9-10-11-12-13-14-15-16-17-24(30)28-26(32)25(31)27-22-18-20-23(29)21-19-22/h9-10,18-21,29H,2-8,11-17H2,1H3,(H,27,31)(H,28,30,32). The summed E-state index contributed by atoms with van der Waals surface area (Å²) in [4.78, 5) is 35.4. The summed E-state index contributed by atoms with van der Waals surface area (Å²) in [5.74, 6) is -2.26. The first-order chi connectivity index (χ1) is 15.5. The molecule has 6 nitrogen and oxygen atoms in total. The molecule has 0 spiro atoms. The Morgan fingerprint density at radius 2 is 1.28 bits per heavy atom. The fourth-order valence-corrected chi connectivity index (χ4v) is 3.33. The van der Waals surface area contributed by atoms with Crippen LogP contribution in [0.25, 0.3) is 0 Å². The van der Waals surface area contributed by atoms with Crippen LogP contribution in [0.1, 0.15) is 96.8 Å². The number of aromatic hydroxyl groups is 1. The Bertz CT molecular complexity index is 698. The van der Waals surface area contributed by atoms with Crippen molar-refractivity contribution in [3.63, 3.8) is 0 Å². The van der Waals surface area contributed by atoms with Crippen LogP contribution in [0.4, 0.5) is 5.69 Å². The molecule has 1 aromatic carbocycles. The minimum absolute atomic E-state index is 0.0580. The topological polar surface area (TPSA) is 95.5 Å². The van der Waals surface area contributed by atoms with E-state index in [0.717, 1.165) is 32.1 Å². The van der Waals surface area contributed by atoms with Gasteiger partial charge in [-0.3, -0.25) is 19.7 Å². The Balaban J connectivity index is 1.97. The summed E-state index contributed by atoms with van der Waals surface area (Å²) in [6, 6.07) is 5.72. The zero-order valence-corrected chi connectivity index (χ0v) is 19.5. The highest BCUT2D eigenvalue weighted by atomic mass is 16.3. The average molecular weight is 445 g/mol. The van der Waals surface area contributed by atoms with E-state index >= 15 is 0 Å². The van der Waals surface area contributed by atoms with Crippen molar-refractivity contribution in [2.75, 3.05) is 5.32 Å². The number of phenols is 1. The number of imide groups is 1. The lowest BCUT2D eigenvalue weighted by Gasteiger charge is -2.06. The summed E-state index contributed by atoms with van der Waals surface area (Å²) in [7, 11) is 0. The molecular formula is C26H40N2O4.